The van der Waals surface area contributed by atoms with E-state index in [9.17, 15) is 14.7 Å². The molecule has 0 aromatic carbocycles. The van der Waals surface area contributed by atoms with Gasteiger partial charge in [0.1, 0.15) is 0 Å². The second kappa shape index (κ2) is 12.6. The van der Waals surface area contributed by atoms with E-state index in [4.69, 9.17) is 14.9 Å². The highest BCUT2D eigenvalue weighted by Crippen LogP contribution is 2.37. The first-order valence-electron chi connectivity index (χ1n) is 15.6. The minimum atomic E-state index is -0.713. The molecule has 6 rings (SSSR count). The van der Waals surface area contributed by atoms with E-state index in [-0.39, 0.29) is 28.9 Å². The number of rotatable bonds is 4. The standard InChI is InChI=1S/C18H23N3O2.C17H21N3O2/c1-18(2,3)21-15-6-5-13(17(22)23-4)11-14(15)16(20-21)12-7-9-19-10-8-12;1-17(2,3)20-14-5-4-12(16(21)22)10-13(14)15(19-20)11-6-8-18-9-7-11/h7-10,13H,5-6,11H2,1-4H3;6-9,12H,4-5,10H2,1-3H3,(H,21,22). The smallest absolute Gasteiger partial charge is 0.309 e. The number of fused-ring (bicyclic) bond motifs is 2. The Morgan fingerprint density at radius 1 is 0.733 bits per heavy atom. The van der Waals surface area contributed by atoms with Gasteiger partial charge in [-0.2, -0.15) is 10.2 Å². The summed E-state index contributed by atoms with van der Waals surface area (Å²) in [6, 6.07) is 7.80. The Morgan fingerprint density at radius 3 is 1.51 bits per heavy atom. The molecule has 10 nitrogen and oxygen atoms in total. The SMILES string of the molecule is CC(C)(C)n1nc(-c2ccncc2)c2c1CCC(C(=O)O)C2.COC(=O)C1CCc2c(c(-c3ccncc3)nn2C(C)(C)C)C1. The molecule has 4 aromatic rings. The molecule has 0 radical (unpaired) electrons. The molecule has 0 spiro atoms. The predicted octanol–water partition coefficient (Wildman–Crippen LogP) is 5.87. The fourth-order valence-electron chi connectivity index (χ4n) is 6.40. The minimum Gasteiger partial charge on any atom is -0.481 e. The molecule has 10 heteroatoms. The Hall–Kier alpha value is -4.34. The van der Waals surface area contributed by atoms with Crippen LogP contribution in [0.5, 0.6) is 0 Å². The normalized spacial score (nSPS) is 17.8. The number of carboxylic acids is 1. The van der Waals surface area contributed by atoms with E-state index in [0.717, 1.165) is 47.3 Å². The van der Waals surface area contributed by atoms with Crippen LogP contribution in [0.1, 0.15) is 76.9 Å². The van der Waals surface area contributed by atoms with E-state index in [1.807, 2.05) is 24.3 Å². The van der Waals surface area contributed by atoms with Crippen LogP contribution in [0, 0.1) is 11.8 Å². The Balaban J connectivity index is 0.000000178. The zero-order valence-electron chi connectivity index (χ0n) is 27.4. The summed E-state index contributed by atoms with van der Waals surface area (Å²) >= 11 is 0. The van der Waals surface area contributed by atoms with E-state index in [0.29, 0.717) is 19.3 Å². The molecule has 45 heavy (non-hydrogen) atoms. The van der Waals surface area contributed by atoms with Gasteiger partial charge in [0, 0.05) is 58.4 Å². The van der Waals surface area contributed by atoms with Crippen molar-refractivity contribution in [2.75, 3.05) is 7.11 Å². The zero-order chi connectivity index (χ0) is 32.5. The van der Waals surface area contributed by atoms with E-state index in [2.05, 4.69) is 60.9 Å². The van der Waals surface area contributed by atoms with E-state index in [1.54, 1.807) is 24.8 Å². The Bertz CT molecular complexity index is 1660. The van der Waals surface area contributed by atoms with Crippen LogP contribution in [0.4, 0.5) is 0 Å². The Morgan fingerprint density at radius 2 is 1.13 bits per heavy atom. The number of carbonyl (C=O) groups is 2. The quantitative estimate of drug-likeness (QED) is 0.284. The summed E-state index contributed by atoms with van der Waals surface area (Å²) in [5, 5.41) is 19.1. The first kappa shape index (κ1) is 32.1. The second-order valence-corrected chi connectivity index (χ2v) is 13.9. The maximum absolute atomic E-state index is 12.0. The number of hydrogen-bond donors (Lipinski definition) is 1. The minimum absolute atomic E-state index is 0.0781. The lowest BCUT2D eigenvalue weighted by Gasteiger charge is -2.26. The van der Waals surface area contributed by atoms with Gasteiger partial charge in [0.15, 0.2) is 0 Å². The van der Waals surface area contributed by atoms with Crippen LogP contribution in [-0.4, -0.2) is 53.7 Å². The van der Waals surface area contributed by atoms with Crippen LogP contribution < -0.4 is 0 Å². The van der Waals surface area contributed by atoms with Gasteiger partial charge in [-0.15, -0.1) is 0 Å². The Kier molecular flexibility index (Phi) is 8.96. The number of hydrogen-bond acceptors (Lipinski definition) is 7. The Labute approximate surface area is 264 Å². The maximum atomic E-state index is 12.0. The van der Waals surface area contributed by atoms with E-state index in [1.165, 1.54) is 24.1 Å². The molecule has 0 bridgehead atoms. The molecule has 2 aliphatic rings. The summed E-state index contributed by atoms with van der Waals surface area (Å²) in [5.74, 6) is -1.23. The van der Waals surface area contributed by atoms with Crippen molar-refractivity contribution >= 4 is 11.9 Å². The van der Waals surface area contributed by atoms with Crippen molar-refractivity contribution in [1.29, 1.82) is 0 Å². The van der Waals surface area contributed by atoms with Crippen molar-refractivity contribution < 1.29 is 19.4 Å². The van der Waals surface area contributed by atoms with Crippen LogP contribution in [0.25, 0.3) is 22.5 Å². The molecule has 0 fully saturated rings. The molecular weight excluding hydrogens is 568 g/mol. The maximum Gasteiger partial charge on any atom is 0.309 e. The van der Waals surface area contributed by atoms with Gasteiger partial charge in [-0.1, -0.05) is 0 Å². The summed E-state index contributed by atoms with van der Waals surface area (Å²) in [5.41, 5.74) is 8.38. The van der Waals surface area contributed by atoms with Crippen LogP contribution in [0.2, 0.25) is 0 Å². The topological polar surface area (TPSA) is 125 Å². The van der Waals surface area contributed by atoms with Crippen molar-refractivity contribution in [3.63, 3.8) is 0 Å². The van der Waals surface area contributed by atoms with Crippen LogP contribution in [0.3, 0.4) is 0 Å². The number of aliphatic carboxylic acids is 1. The number of aromatic nitrogens is 6. The lowest BCUT2D eigenvalue weighted by Crippen LogP contribution is -2.29. The monoisotopic (exact) mass is 612 g/mol. The molecule has 238 valence electrons. The van der Waals surface area contributed by atoms with Crippen molar-refractivity contribution in [3.8, 4) is 22.5 Å². The molecule has 2 aliphatic carbocycles. The van der Waals surface area contributed by atoms with Gasteiger partial charge >= 0.3 is 11.9 Å². The van der Waals surface area contributed by atoms with Gasteiger partial charge < -0.3 is 9.84 Å². The summed E-state index contributed by atoms with van der Waals surface area (Å²) in [6.07, 6.45) is 11.4. The third-order valence-corrected chi connectivity index (χ3v) is 8.60. The highest BCUT2D eigenvalue weighted by atomic mass is 16.5. The lowest BCUT2D eigenvalue weighted by molar-refractivity contribution is -0.146. The highest BCUT2D eigenvalue weighted by Gasteiger charge is 2.34. The zero-order valence-corrected chi connectivity index (χ0v) is 27.4. The molecule has 2 atom stereocenters. The average molecular weight is 613 g/mol. The number of carbonyl (C=O) groups excluding carboxylic acids is 1. The molecule has 0 saturated carbocycles. The summed E-state index contributed by atoms with van der Waals surface area (Å²) in [4.78, 5) is 31.5. The van der Waals surface area contributed by atoms with Crippen LogP contribution in [-0.2, 0) is 51.1 Å². The molecule has 4 heterocycles. The average Bonchev–Trinajstić information content (AvgIpc) is 3.61. The number of nitrogens with zero attached hydrogens (tertiary/aromatic N) is 6. The molecule has 2 unspecified atom stereocenters. The van der Waals surface area contributed by atoms with Crippen molar-refractivity contribution in [3.05, 3.63) is 71.6 Å². The summed E-state index contributed by atoms with van der Waals surface area (Å²) in [6.45, 7) is 12.8. The van der Waals surface area contributed by atoms with Gasteiger partial charge in [-0.3, -0.25) is 28.9 Å². The van der Waals surface area contributed by atoms with E-state index < -0.39 is 5.97 Å². The number of ether oxygens (including phenoxy) is 1. The highest BCUT2D eigenvalue weighted by molar-refractivity contribution is 5.75. The molecule has 0 saturated heterocycles. The second-order valence-electron chi connectivity index (χ2n) is 13.9. The largest absolute Gasteiger partial charge is 0.481 e. The van der Waals surface area contributed by atoms with Gasteiger partial charge in [0.25, 0.3) is 0 Å². The third kappa shape index (κ3) is 6.70. The van der Waals surface area contributed by atoms with Gasteiger partial charge in [-0.25, -0.2) is 0 Å². The third-order valence-electron chi connectivity index (χ3n) is 8.60. The van der Waals surface area contributed by atoms with Gasteiger partial charge in [-0.05, 0) is 104 Å². The van der Waals surface area contributed by atoms with Crippen LogP contribution >= 0.6 is 0 Å². The summed E-state index contributed by atoms with van der Waals surface area (Å²) < 4.78 is 9.13. The molecule has 1 N–H and O–H groups in total. The van der Waals surface area contributed by atoms with E-state index >= 15 is 0 Å². The molecule has 0 amide bonds. The number of pyridine rings is 2. The van der Waals surface area contributed by atoms with Crippen molar-refractivity contribution in [1.82, 2.24) is 29.5 Å². The molecule has 0 aliphatic heterocycles. The summed E-state index contributed by atoms with van der Waals surface area (Å²) in [7, 11) is 1.46. The first-order chi connectivity index (χ1) is 21.3. The fraction of sp³-hybridized carbons (Fsp3) is 0.486. The lowest BCUT2D eigenvalue weighted by atomic mass is 9.85. The number of methoxy groups -OCH3 is 1. The van der Waals surface area contributed by atoms with Gasteiger partial charge in [0.2, 0.25) is 0 Å². The number of carboxylic acid groups (broad SMARTS) is 1. The molecular formula is C35H44N6O4. The van der Waals surface area contributed by atoms with Crippen molar-refractivity contribution in [2.24, 2.45) is 11.8 Å². The van der Waals surface area contributed by atoms with Crippen molar-refractivity contribution in [2.45, 2.75) is 91.1 Å². The predicted molar refractivity (Wildman–Crippen MR) is 172 cm³/mol. The van der Waals surface area contributed by atoms with Crippen LogP contribution in [0.15, 0.2) is 49.1 Å². The van der Waals surface area contributed by atoms with Gasteiger partial charge in [0.05, 0.1) is 41.4 Å². The molecule has 4 aromatic heterocycles. The first-order valence-corrected chi connectivity index (χ1v) is 15.6. The number of esters is 1. The fourth-order valence-corrected chi connectivity index (χ4v) is 6.40.